The molecule has 120 valence electrons. The second-order valence-corrected chi connectivity index (χ2v) is 4.70. The third-order valence-corrected chi connectivity index (χ3v) is 3.03. The van der Waals surface area contributed by atoms with Gasteiger partial charge < -0.3 is 29.6 Å². The first kappa shape index (κ1) is 17.8. The zero-order valence-electron chi connectivity index (χ0n) is 12.7. The van der Waals surface area contributed by atoms with Crippen LogP contribution >= 0.6 is 0 Å². The number of rotatable bonds is 1. The van der Waals surface area contributed by atoms with E-state index in [1.54, 1.807) is 0 Å². The van der Waals surface area contributed by atoms with Gasteiger partial charge in [0.1, 0.15) is 0 Å². The molecular formula is C14H30N2O4. The van der Waals surface area contributed by atoms with Gasteiger partial charge in [-0.25, -0.2) is 0 Å². The number of nitrogens with one attached hydrogen (secondary N) is 2. The van der Waals surface area contributed by atoms with E-state index >= 15 is 0 Å². The fourth-order valence-corrected chi connectivity index (χ4v) is 1.80. The van der Waals surface area contributed by atoms with Crippen molar-refractivity contribution in [3.8, 4) is 0 Å². The lowest BCUT2D eigenvalue weighted by atomic mass is 10.3. The molecule has 0 bridgehead atoms. The molecule has 20 heavy (non-hydrogen) atoms. The van der Waals surface area contributed by atoms with E-state index in [2.05, 4.69) is 17.6 Å². The summed E-state index contributed by atoms with van der Waals surface area (Å²) in [7, 11) is 0. The third kappa shape index (κ3) is 10.5. The third-order valence-electron chi connectivity index (χ3n) is 3.03. The van der Waals surface area contributed by atoms with Crippen LogP contribution in [0.25, 0.3) is 0 Å². The fraction of sp³-hybridized carbons (Fsp3) is 1.00. The Morgan fingerprint density at radius 1 is 0.750 bits per heavy atom. The van der Waals surface area contributed by atoms with Crippen molar-refractivity contribution in [3.63, 3.8) is 0 Å². The number of hydrogen-bond acceptors (Lipinski definition) is 6. The van der Waals surface area contributed by atoms with Gasteiger partial charge in [0, 0.05) is 26.2 Å². The van der Waals surface area contributed by atoms with Gasteiger partial charge in [-0.1, -0.05) is 6.92 Å². The monoisotopic (exact) mass is 290 g/mol. The van der Waals surface area contributed by atoms with Crippen LogP contribution in [0.1, 0.15) is 13.3 Å². The van der Waals surface area contributed by atoms with Gasteiger partial charge in [0.15, 0.2) is 0 Å². The molecule has 0 aliphatic carbocycles. The van der Waals surface area contributed by atoms with Gasteiger partial charge in [-0.2, -0.15) is 0 Å². The van der Waals surface area contributed by atoms with Crippen LogP contribution < -0.4 is 10.6 Å². The molecule has 1 saturated heterocycles. The van der Waals surface area contributed by atoms with Gasteiger partial charge in [-0.3, -0.25) is 0 Å². The molecule has 1 aliphatic heterocycles. The summed E-state index contributed by atoms with van der Waals surface area (Å²) in [4.78, 5) is 0. The van der Waals surface area contributed by atoms with Crippen molar-refractivity contribution in [2.45, 2.75) is 19.4 Å². The predicted octanol–water partition coefficient (Wildman–Crippen LogP) is 0.0242. The summed E-state index contributed by atoms with van der Waals surface area (Å²) in [5, 5.41) is 6.57. The largest absolute Gasteiger partial charge is 0.378 e. The van der Waals surface area contributed by atoms with E-state index in [9.17, 15) is 0 Å². The Morgan fingerprint density at radius 3 is 1.90 bits per heavy atom. The van der Waals surface area contributed by atoms with Crippen LogP contribution in [0.2, 0.25) is 0 Å². The molecule has 1 unspecified atom stereocenters. The zero-order valence-corrected chi connectivity index (χ0v) is 12.7. The van der Waals surface area contributed by atoms with E-state index in [1.807, 2.05) is 0 Å². The molecule has 0 aromatic rings. The molecule has 1 aliphatic rings. The molecule has 1 rings (SSSR count). The topological polar surface area (TPSA) is 61.0 Å². The summed E-state index contributed by atoms with van der Waals surface area (Å²) >= 11 is 0. The summed E-state index contributed by atoms with van der Waals surface area (Å²) in [5.41, 5.74) is 0. The lowest BCUT2D eigenvalue weighted by Crippen LogP contribution is -2.30. The second kappa shape index (κ2) is 13.7. The van der Waals surface area contributed by atoms with Gasteiger partial charge in [-0.05, 0) is 6.42 Å². The van der Waals surface area contributed by atoms with Crippen LogP contribution in [0.5, 0.6) is 0 Å². The smallest absolute Gasteiger partial charge is 0.0806 e. The number of ether oxygens (including phenoxy) is 4. The summed E-state index contributed by atoms with van der Waals surface area (Å²) < 4.78 is 22.3. The van der Waals surface area contributed by atoms with Crippen LogP contribution in [0.15, 0.2) is 0 Å². The molecule has 2 N–H and O–H groups in total. The van der Waals surface area contributed by atoms with Crippen molar-refractivity contribution in [3.05, 3.63) is 0 Å². The Balaban J connectivity index is 2.14. The van der Waals surface area contributed by atoms with Crippen molar-refractivity contribution in [2.24, 2.45) is 0 Å². The molecule has 6 heteroatoms. The van der Waals surface area contributed by atoms with Gasteiger partial charge in [0.05, 0.1) is 52.4 Å². The first-order valence-electron chi connectivity index (χ1n) is 7.69. The highest BCUT2D eigenvalue weighted by atomic mass is 16.5. The zero-order chi connectivity index (χ0) is 14.3. The first-order chi connectivity index (χ1) is 9.93. The maximum absolute atomic E-state index is 5.77. The summed E-state index contributed by atoms with van der Waals surface area (Å²) in [6.45, 7) is 10.3. The lowest BCUT2D eigenvalue weighted by molar-refractivity contribution is -0.0171. The molecule has 0 aromatic carbocycles. The minimum Gasteiger partial charge on any atom is -0.378 e. The van der Waals surface area contributed by atoms with Crippen LogP contribution in [0.4, 0.5) is 0 Å². The molecule has 0 saturated carbocycles. The Bertz CT molecular complexity index is 190. The van der Waals surface area contributed by atoms with Gasteiger partial charge >= 0.3 is 0 Å². The summed E-state index contributed by atoms with van der Waals surface area (Å²) in [6, 6.07) is 0. The van der Waals surface area contributed by atoms with Crippen LogP contribution in [-0.4, -0.2) is 78.5 Å². The first-order valence-corrected chi connectivity index (χ1v) is 7.69. The lowest BCUT2D eigenvalue weighted by Gasteiger charge is -2.17. The van der Waals surface area contributed by atoms with Crippen molar-refractivity contribution < 1.29 is 18.9 Å². The molecule has 6 nitrogen and oxygen atoms in total. The van der Waals surface area contributed by atoms with Crippen molar-refractivity contribution in [1.29, 1.82) is 0 Å². The van der Waals surface area contributed by atoms with Crippen LogP contribution in [0.3, 0.4) is 0 Å². The minimum absolute atomic E-state index is 0.190. The molecule has 0 amide bonds. The molecule has 0 spiro atoms. The minimum atomic E-state index is 0.190. The van der Waals surface area contributed by atoms with E-state index < -0.39 is 0 Å². The maximum Gasteiger partial charge on any atom is 0.0806 e. The SMILES string of the molecule is CCC1COCCNCCOCCOCCNCCO1. The quantitative estimate of drug-likeness (QED) is 0.710. The van der Waals surface area contributed by atoms with E-state index in [0.717, 1.165) is 32.6 Å². The van der Waals surface area contributed by atoms with Gasteiger partial charge in [-0.15, -0.1) is 0 Å². The second-order valence-electron chi connectivity index (χ2n) is 4.70. The van der Waals surface area contributed by atoms with Gasteiger partial charge in [0.2, 0.25) is 0 Å². The fourth-order valence-electron chi connectivity index (χ4n) is 1.80. The molecule has 0 aromatic heterocycles. The van der Waals surface area contributed by atoms with Crippen LogP contribution in [0, 0.1) is 0 Å². The average molecular weight is 290 g/mol. The Morgan fingerprint density at radius 2 is 1.30 bits per heavy atom. The Hall–Kier alpha value is -0.240. The Labute approximate surface area is 122 Å². The highest BCUT2D eigenvalue weighted by Gasteiger charge is 2.06. The normalized spacial score (nSPS) is 26.6. The van der Waals surface area contributed by atoms with E-state index in [0.29, 0.717) is 46.2 Å². The summed E-state index contributed by atoms with van der Waals surface area (Å²) in [5.74, 6) is 0. The highest BCUT2D eigenvalue weighted by molar-refractivity contribution is 4.56. The highest BCUT2D eigenvalue weighted by Crippen LogP contribution is 1.98. The van der Waals surface area contributed by atoms with Crippen LogP contribution in [-0.2, 0) is 18.9 Å². The van der Waals surface area contributed by atoms with Crippen molar-refractivity contribution in [2.75, 3.05) is 72.4 Å². The van der Waals surface area contributed by atoms with Gasteiger partial charge in [0.25, 0.3) is 0 Å². The maximum atomic E-state index is 5.77. The standard InChI is InChI=1S/C14H30N2O4/c1-2-14-13-19-9-5-15-3-7-17-11-12-18-8-4-16-6-10-20-14/h14-16H,2-13H2,1H3. The van der Waals surface area contributed by atoms with E-state index in [1.165, 1.54) is 0 Å². The summed E-state index contributed by atoms with van der Waals surface area (Å²) in [6.07, 6.45) is 1.17. The average Bonchev–Trinajstić information content (AvgIpc) is 2.47. The van der Waals surface area contributed by atoms with E-state index in [4.69, 9.17) is 18.9 Å². The molecule has 1 fully saturated rings. The van der Waals surface area contributed by atoms with Crippen molar-refractivity contribution >= 4 is 0 Å². The molecular weight excluding hydrogens is 260 g/mol. The molecule has 1 atom stereocenters. The van der Waals surface area contributed by atoms with Crippen molar-refractivity contribution in [1.82, 2.24) is 10.6 Å². The molecule has 0 radical (unpaired) electrons. The Kier molecular flexibility index (Phi) is 12.2. The molecule has 1 heterocycles. The predicted molar refractivity (Wildman–Crippen MR) is 78.2 cm³/mol. The number of hydrogen-bond donors (Lipinski definition) is 2. The van der Waals surface area contributed by atoms with E-state index in [-0.39, 0.29) is 6.10 Å².